The van der Waals surface area contributed by atoms with Gasteiger partial charge in [0.2, 0.25) is 11.7 Å². The summed E-state index contributed by atoms with van der Waals surface area (Å²) in [4.78, 5) is 24.9. The maximum atomic E-state index is 12.7. The second-order valence-corrected chi connectivity index (χ2v) is 6.32. The van der Waals surface area contributed by atoms with E-state index < -0.39 is 11.8 Å². The van der Waals surface area contributed by atoms with Gasteiger partial charge in [0.1, 0.15) is 0 Å². The van der Waals surface area contributed by atoms with Crippen LogP contribution >= 0.6 is 15.9 Å². The molecule has 2 aromatic carbocycles. The van der Waals surface area contributed by atoms with E-state index in [0.29, 0.717) is 5.69 Å². The zero-order valence-electron chi connectivity index (χ0n) is 14.0. The van der Waals surface area contributed by atoms with Gasteiger partial charge in [0.25, 0.3) is 0 Å². The molecule has 0 atom stereocenters. The monoisotopic (exact) mass is 413 g/mol. The summed E-state index contributed by atoms with van der Waals surface area (Å²) in [5, 5.41) is 2.97. The van der Waals surface area contributed by atoms with E-state index in [-0.39, 0.29) is 23.8 Å². The van der Waals surface area contributed by atoms with Crippen molar-refractivity contribution in [2.24, 2.45) is 0 Å². The van der Waals surface area contributed by atoms with Gasteiger partial charge in [-0.2, -0.15) is 0 Å². The number of allylic oxidation sites excluding steroid dienone is 1. The fourth-order valence-electron chi connectivity index (χ4n) is 2.37. The number of hydrogen-bond donors (Lipinski definition) is 1. The summed E-state index contributed by atoms with van der Waals surface area (Å²) in [6.45, 7) is 1.85. The maximum absolute atomic E-state index is 12.7. The molecule has 0 aliphatic carbocycles. The number of carbonyl (C=O) groups is 2. The van der Waals surface area contributed by atoms with Crippen molar-refractivity contribution in [2.75, 3.05) is 11.9 Å². The van der Waals surface area contributed by atoms with E-state index in [2.05, 4.69) is 21.2 Å². The quantitative estimate of drug-likeness (QED) is 0.450. The van der Waals surface area contributed by atoms with E-state index in [1.165, 1.54) is 0 Å². The van der Waals surface area contributed by atoms with Gasteiger partial charge in [-0.15, -0.1) is 0 Å². The van der Waals surface area contributed by atoms with Crippen LogP contribution in [-0.2, 0) is 19.1 Å². The number of ether oxygens (including phenoxy) is 2. The molecule has 0 bridgehead atoms. The molecule has 0 aromatic heterocycles. The number of ketones is 1. The third-order valence-electron chi connectivity index (χ3n) is 3.57. The minimum Gasteiger partial charge on any atom is -0.462 e. The van der Waals surface area contributed by atoms with E-state index in [4.69, 9.17) is 9.47 Å². The number of halogens is 1. The molecular formula is C20H16BrNO4. The number of rotatable bonds is 5. The van der Waals surface area contributed by atoms with E-state index in [9.17, 15) is 9.59 Å². The summed E-state index contributed by atoms with van der Waals surface area (Å²) in [6.07, 6.45) is 1.59. The second-order valence-electron chi connectivity index (χ2n) is 5.41. The van der Waals surface area contributed by atoms with E-state index in [1.807, 2.05) is 42.5 Å². The Morgan fingerprint density at radius 2 is 1.85 bits per heavy atom. The van der Waals surface area contributed by atoms with Crippen LogP contribution in [0, 0.1) is 0 Å². The fourth-order valence-corrected chi connectivity index (χ4v) is 2.63. The molecule has 26 heavy (non-hydrogen) atoms. The first-order chi connectivity index (χ1) is 12.6. The van der Waals surface area contributed by atoms with Crippen molar-refractivity contribution < 1.29 is 19.1 Å². The first-order valence-electron chi connectivity index (χ1n) is 8.01. The van der Waals surface area contributed by atoms with Gasteiger partial charge in [0.05, 0.1) is 6.61 Å². The molecule has 0 radical (unpaired) electrons. The van der Waals surface area contributed by atoms with Crippen LogP contribution in [-0.4, -0.2) is 18.4 Å². The Morgan fingerprint density at radius 3 is 2.50 bits per heavy atom. The highest BCUT2D eigenvalue weighted by Gasteiger charge is 2.36. The first-order valence-corrected chi connectivity index (χ1v) is 8.81. The lowest BCUT2D eigenvalue weighted by molar-refractivity contribution is -0.139. The molecule has 2 aromatic rings. The van der Waals surface area contributed by atoms with Crippen molar-refractivity contribution in [2.45, 2.75) is 6.92 Å². The number of para-hydroxylation sites is 1. The Kier molecular flexibility index (Phi) is 5.53. The van der Waals surface area contributed by atoms with Gasteiger partial charge in [-0.05, 0) is 42.8 Å². The van der Waals surface area contributed by atoms with Crippen molar-refractivity contribution >= 4 is 39.4 Å². The smallest absolute Gasteiger partial charge is 0.347 e. The number of hydrogen-bond acceptors (Lipinski definition) is 5. The van der Waals surface area contributed by atoms with Crippen molar-refractivity contribution in [1.82, 2.24) is 0 Å². The van der Waals surface area contributed by atoms with E-state index in [1.54, 1.807) is 25.1 Å². The topological polar surface area (TPSA) is 64.6 Å². The molecule has 1 aliphatic rings. The predicted molar refractivity (Wildman–Crippen MR) is 102 cm³/mol. The molecule has 0 fully saturated rings. The lowest BCUT2D eigenvalue weighted by Gasteiger charge is -2.08. The summed E-state index contributed by atoms with van der Waals surface area (Å²) in [5.41, 5.74) is 1.33. The fraction of sp³-hybridized carbons (Fsp3) is 0.100. The van der Waals surface area contributed by atoms with Gasteiger partial charge in [-0.25, -0.2) is 4.79 Å². The number of carbonyl (C=O) groups excluding carboxylic acids is 2. The zero-order chi connectivity index (χ0) is 18.5. The molecular weight excluding hydrogens is 398 g/mol. The molecule has 0 saturated carbocycles. The standard InChI is InChI=1S/C20H16BrNO4/c1-2-25-20(24)17-18(23)16(12-13-8-10-14(21)11-9-13)26-19(17)22-15-6-4-3-5-7-15/h3-12,22H,2H2,1H3/b16-12-. The Hall–Kier alpha value is -2.86. The zero-order valence-corrected chi connectivity index (χ0v) is 15.6. The number of nitrogens with one attached hydrogen (secondary N) is 1. The largest absolute Gasteiger partial charge is 0.462 e. The van der Waals surface area contributed by atoms with Crippen molar-refractivity contribution in [3.8, 4) is 0 Å². The average molecular weight is 414 g/mol. The van der Waals surface area contributed by atoms with Gasteiger partial charge < -0.3 is 14.8 Å². The summed E-state index contributed by atoms with van der Waals surface area (Å²) in [7, 11) is 0. The summed E-state index contributed by atoms with van der Waals surface area (Å²) in [5.74, 6) is -1.09. The number of benzene rings is 2. The third kappa shape index (κ3) is 4.03. The lowest BCUT2D eigenvalue weighted by atomic mass is 10.1. The first kappa shape index (κ1) is 17.9. The molecule has 5 nitrogen and oxygen atoms in total. The number of Topliss-reactive ketones (excluding diaryl/α,β-unsaturated/α-hetero) is 1. The Bertz CT molecular complexity index is 886. The van der Waals surface area contributed by atoms with E-state index in [0.717, 1.165) is 10.0 Å². The van der Waals surface area contributed by atoms with Crippen molar-refractivity contribution in [1.29, 1.82) is 0 Å². The predicted octanol–water partition coefficient (Wildman–Crippen LogP) is 4.28. The molecule has 132 valence electrons. The number of anilines is 1. The minimum atomic E-state index is -0.713. The third-order valence-corrected chi connectivity index (χ3v) is 4.10. The maximum Gasteiger partial charge on any atom is 0.347 e. The van der Waals surface area contributed by atoms with Crippen LogP contribution in [0.5, 0.6) is 0 Å². The molecule has 0 amide bonds. The lowest BCUT2D eigenvalue weighted by Crippen LogP contribution is -2.16. The van der Waals surface area contributed by atoms with Crippen LogP contribution < -0.4 is 5.32 Å². The SMILES string of the molecule is CCOC(=O)C1=C(Nc2ccccc2)O/C(=C\c2ccc(Br)cc2)C1=O. The van der Waals surface area contributed by atoms with Crippen LogP contribution in [0.15, 0.2) is 76.3 Å². The van der Waals surface area contributed by atoms with E-state index >= 15 is 0 Å². The van der Waals surface area contributed by atoms with Crippen LogP contribution in [0.3, 0.4) is 0 Å². The van der Waals surface area contributed by atoms with Crippen LogP contribution in [0.2, 0.25) is 0 Å². The van der Waals surface area contributed by atoms with Crippen molar-refractivity contribution in [3.63, 3.8) is 0 Å². The van der Waals surface area contributed by atoms with Crippen LogP contribution in [0.1, 0.15) is 12.5 Å². The Morgan fingerprint density at radius 1 is 1.15 bits per heavy atom. The second kappa shape index (κ2) is 8.01. The molecule has 1 heterocycles. The highest BCUT2D eigenvalue weighted by atomic mass is 79.9. The van der Waals surface area contributed by atoms with Gasteiger partial charge in [0, 0.05) is 10.2 Å². The molecule has 0 saturated heterocycles. The van der Waals surface area contributed by atoms with Crippen molar-refractivity contribution in [3.05, 3.63) is 81.8 Å². The minimum absolute atomic E-state index is 0.0637. The molecule has 6 heteroatoms. The molecule has 0 unspecified atom stereocenters. The summed E-state index contributed by atoms with van der Waals surface area (Å²) >= 11 is 3.36. The van der Waals surface area contributed by atoms with Gasteiger partial charge in [-0.1, -0.05) is 46.3 Å². The highest BCUT2D eigenvalue weighted by Crippen LogP contribution is 2.29. The van der Waals surface area contributed by atoms with Gasteiger partial charge >= 0.3 is 5.97 Å². The average Bonchev–Trinajstić information content (AvgIpc) is 2.93. The van der Waals surface area contributed by atoms with Crippen LogP contribution in [0.4, 0.5) is 5.69 Å². The molecule has 3 rings (SSSR count). The highest BCUT2D eigenvalue weighted by molar-refractivity contribution is 9.10. The summed E-state index contributed by atoms with van der Waals surface area (Å²) < 4.78 is 11.6. The van der Waals surface area contributed by atoms with Gasteiger partial charge in [-0.3, -0.25) is 4.79 Å². The number of esters is 1. The Labute approximate surface area is 159 Å². The van der Waals surface area contributed by atoms with Gasteiger partial charge in [0.15, 0.2) is 11.3 Å². The molecule has 1 aliphatic heterocycles. The molecule has 0 spiro atoms. The Balaban J connectivity index is 1.93. The normalized spacial score (nSPS) is 15.2. The molecule has 1 N–H and O–H groups in total. The summed E-state index contributed by atoms with van der Waals surface area (Å²) in [6, 6.07) is 16.5. The van der Waals surface area contributed by atoms with Crippen LogP contribution in [0.25, 0.3) is 6.08 Å².